The van der Waals surface area contributed by atoms with Gasteiger partial charge in [0.1, 0.15) is 6.33 Å². The molecule has 1 N–H and O–H groups in total. The van der Waals surface area contributed by atoms with E-state index in [2.05, 4.69) is 53.6 Å². The van der Waals surface area contributed by atoms with Gasteiger partial charge >= 0.3 is 0 Å². The van der Waals surface area contributed by atoms with Crippen LogP contribution in [0.3, 0.4) is 0 Å². The number of hydrogen-bond donors (Lipinski definition) is 1. The third-order valence-electron chi connectivity index (χ3n) is 3.21. The number of anilines is 1. The Morgan fingerprint density at radius 2 is 2.00 bits per heavy atom. The summed E-state index contributed by atoms with van der Waals surface area (Å²) in [7, 11) is 1.95. The highest BCUT2D eigenvalue weighted by Crippen LogP contribution is 2.18. The first-order valence-corrected chi connectivity index (χ1v) is 6.39. The molecular weight excluding hydrogens is 224 g/mol. The van der Waals surface area contributed by atoms with Gasteiger partial charge in [0.2, 0.25) is 0 Å². The molecule has 1 atom stereocenters. The summed E-state index contributed by atoms with van der Waals surface area (Å²) < 4.78 is 1.92. The molecule has 0 amide bonds. The molecule has 0 bridgehead atoms. The van der Waals surface area contributed by atoms with Gasteiger partial charge in [-0.05, 0) is 30.2 Å². The normalized spacial score (nSPS) is 12.4. The van der Waals surface area contributed by atoms with Gasteiger partial charge in [0.15, 0.2) is 5.82 Å². The molecule has 1 aromatic carbocycles. The lowest BCUT2D eigenvalue weighted by Gasteiger charge is -2.11. The first-order chi connectivity index (χ1) is 8.70. The maximum absolute atomic E-state index is 4.10. The van der Waals surface area contributed by atoms with Crippen molar-refractivity contribution in [3.8, 4) is 11.4 Å². The van der Waals surface area contributed by atoms with E-state index >= 15 is 0 Å². The van der Waals surface area contributed by atoms with Crippen LogP contribution >= 0.6 is 0 Å². The average molecular weight is 244 g/mol. The summed E-state index contributed by atoms with van der Waals surface area (Å²) in [5.74, 6) is 1.59. The van der Waals surface area contributed by atoms with Crippen LogP contribution in [0.1, 0.15) is 20.3 Å². The van der Waals surface area contributed by atoms with Gasteiger partial charge in [0.25, 0.3) is 0 Å². The van der Waals surface area contributed by atoms with Crippen LogP contribution in [0.2, 0.25) is 0 Å². The van der Waals surface area contributed by atoms with E-state index in [-0.39, 0.29) is 0 Å². The summed E-state index contributed by atoms with van der Waals surface area (Å²) in [4.78, 5) is 0. The van der Waals surface area contributed by atoms with Crippen LogP contribution in [-0.4, -0.2) is 21.3 Å². The Hall–Kier alpha value is -1.84. The third kappa shape index (κ3) is 2.88. The van der Waals surface area contributed by atoms with E-state index in [0.717, 1.165) is 23.6 Å². The van der Waals surface area contributed by atoms with Crippen molar-refractivity contribution in [2.24, 2.45) is 13.0 Å². The van der Waals surface area contributed by atoms with Crippen LogP contribution in [0, 0.1) is 5.92 Å². The van der Waals surface area contributed by atoms with Crippen molar-refractivity contribution in [3.05, 3.63) is 30.6 Å². The maximum Gasteiger partial charge on any atom is 0.163 e. The molecule has 0 radical (unpaired) electrons. The number of rotatable bonds is 5. The van der Waals surface area contributed by atoms with Crippen molar-refractivity contribution in [2.45, 2.75) is 20.3 Å². The lowest BCUT2D eigenvalue weighted by atomic mass is 10.1. The molecule has 2 aromatic rings. The Balaban J connectivity index is 2.04. The van der Waals surface area contributed by atoms with Crippen molar-refractivity contribution in [3.63, 3.8) is 0 Å². The van der Waals surface area contributed by atoms with Gasteiger partial charge < -0.3 is 9.88 Å². The Kier molecular flexibility index (Phi) is 3.97. The lowest BCUT2D eigenvalue weighted by molar-refractivity contribution is 0.593. The van der Waals surface area contributed by atoms with Crippen molar-refractivity contribution in [1.82, 2.24) is 14.8 Å². The first kappa shape index (κ1) is 12.6. The van der Waals surface area contributed by atoms with Crippen molar-refractivity contribution < 1.29 is 0 Å². The van der Waals surface area contributed by atoms with Gasteiger partial charge in [-0.3, -0.25) is 0 Å². The van der Waals surface area contributed by atoms with Gasteiger partial charge in [-0.1, -0.05) is 20.3 Å². The fourth-order valence-corrected chi connectivity index (χ4v) is 1.72. The number of aryl methyl sites for hydroxylation is 1. The summed E-state index contributed by atoms with van der Waals surface area (Å²) in [6, 6.07) is 8.32. The van der Waals surface area contributed by atoms with E-state index in [4.69, 9.17) is 0 Å². The first-order valence-electron chi connectivity index (χ1n) is 6.39. The van der Waals surface area contributed by atoms with Gasteiger partial charge in [-0.25, -0.2) is 0 Å². The highest BCUT2D eigenvalue weighted by molar-refractivity contribution is 5.59. The molecule has 1 heterocycles. The SMILES string of the molecule is CCC(C)CNc1ccc(-c2nncn2C)cc1. The topological polar surface area (TPSA) is 42.7 Å². The second-order valence-electron chi connectivity index (χ2n) is 4.74. The molecule has 1 unspecified atom stereocenters. The van der Waals surface area contributed by atoms with E-state index in [0.29, 0.717) is 5.92 Å². The number of nitrogens with one attached hydrogen (secondary N) is 1. The summed E-state index contributed by atoms with van der Waals surface area (Å²) in [6.07, 6.45) is 2.91. The highest BCUT2D eigenvalue weighted by atomic mass is 15.2. The number of benzene rings is 1. The van der Waals surface area contributed by atoms with E-state index in [1.165, 1.54) is 6.42 Å². The fourth-order valence-electron chi connectivity index (χ4n) is 1.72. The molecule has 4 heteroatoms. The zero-order valence-corrected chi connectivity index (χ0v) is 11.2. The number of aromatic nitrogens is 3. The minimum absolute atomic E-state index is 0.698. The quantitative estimate of drug-likeness (QED) is 0.879. The molecule has 1 aromatic heterocycles. The molecule has 0 spiro atoms. The Labute approximate surface area is 108 Å². The summed E-state index contributed by atoms with van der Waals surface area (Å²) >= 11 is 0. The molecule has 0 aliphatic heterocycles. The lowest BCUT2D eigenvalue weighted by Crippen LogP contribution is -2.09. The molecule has 96 valence electrons. The molecule has 4 nitrogen and oxygen atoms in total. The van der Waals surface area contributed by atoms with Crippen LogP contribution in [0.25, 0.3) is 11.4 Å². The molecule has 0 aliphatic carbocycles. The van der Waals surface area contributed by atoms with Crippen molar-refractivity contribution in [1.29, 1.82) is 0 Å². The van der Waals surface area contributed by atoms with Crippen LogP contribution in [0.5, 0.6) is 0 Å². The predicted molar refractivity (Wildman–Crippen MR) is 74.4 cm³/mol. The van der Waals surface area contributed by atoms with Crippen LogP contribution in [0.4, 0.5) is 5.69 Å². The van der Waals surface area contributed by atoms with E-state index in [1.807, 2.05) is 11.6 Å². The molecule has 2 rings (SSSR count). The zero-order valence-electron chi connectivity index (χ0n) is 11.2. The maximum atomic E-state index is 4.10. The second-order valence-corrected chi connectivity index (χ2v) is 4.74. The van der Waals surface area contributed by atoms with E-state index < -0.39 is 0 Å². The summed E-state index contributed by atoms with van der Waals surface area (Å²) in [5.41, 5.74) is 2.24. The largest absolute Gasteiger partial charge is 0.385 e. The fraction of sp³-hybridized carbons (Fsp3) is 0.429. The minimum Gasteiger partial charge on any atom is -0.385 e. The predicted octanol–water partition coefficient (Wildman–Crippen LogP) is 2.94. The van der Waals surface area contributed by atoms with E-state index in [1.54, 1.807) is 6.33 Å². The number of hydrogen-bond acceptors (Lipinski definition) is 3. The Bertz CT molecular complexity index is 487. The van der Waals surface area contributed by atoms with E-state index in [9.17, 15) is 0 Å². The van der Waals surface area contributed by atoms with Crippen LogP contribution in [0.15, 0.2) is 30.6 Å². The van der Waals surface area contributed by atoms with Gasteiger partial charge in [0, 0.05) is 24.8 Å². The smallest absolute Gasteiger partial charge is 0.163 e. The standard InChI is InChI=1S/C14H20N4/c1-4-11(2)9-15-13-7-5-12(6-8-13)14-17-16-10-18(14)3/h5-8,10-11,15H,4,9H2,1-3H3. The summed E-state index contributed by atoms with van der Waals surface area (Å²) in [6.45, 7) is 5.48. The molecule has 0 saturated carbocycles. The average Bonchev–Trinajstić information content (AvgIpc) is 2.83. The van der Waals surface area contributed by atoms with Gasteiger partial charge in [0.05, 0.1) is 0 Å². The van der Waals surface area contributed by atoms with Crippen molar-refractivity contribution >= 4 is 5.69 Å². The van der Waals surface area contributed by atoms with Gasteiger partial charge in [-0.2, -0.15) is 0 Å². The number of nitrogens with zero attached hydrogens (tertiary/aromatic N) is 3. The van der Waals surface area contributed by atoms with Crippen molar-refractivity contribution in [2.75, 3.05) is 11.9 Å². The van der Waals surface area contributed by atoms with Crippen LogP contribution in [-0.2, 0) is 7.05 Å². The third-order valence-corrected chi connectivity index (χ3v) is 3.21. The minimum atomic E-state index is 0.698. The summed E-state index contributed by atoms with van der Waals surface area (Å²) in [5, 5.41) is 11.4. The molecule has 0 aliphatic rings. The van der Waals surface area contributed by atoms with Gasteiger partial charge in [-0.15, -0.1) is 10.2 Å². The molecule has 0 saturated heterocycles. The Morgan fingerprint density at radius 1 is 1.28 bits per heavy atom. The molecular formula is C14H20N4. The molecule has 18 heavy (non-hydrogen) atoms. The second kappa shape index (κ2) is 5.67. The highest BCUT2D eigenvalue weighted by Gasteiger charge is 2.04. The van der Waals surface area contributed by atoms with Crippen LogP contribution < -0.4 is 5.32 Å². The Morgan fingerprint density at radius 3 is 2.56 bits per heavy atom. The molecule has 0 fully saturated rings. The monoisotopic (exact) mass is 244 g/mol. The zero-order chi connectivity index (χ0) is 13.0.